The maximum atomic E-state index is 11.2. The van der Waals surface area contributed by atoms with Crippen LogP contribution in [0.2, 0.25) is 0 Å². The van der Waals surface area contributed by atoms with Crippen LogP contribution >= 0.6 is 0 Å². The van der Waals surface area contributed by atoms with E-state index in [0.717, 1.165) is 35.3 Å². The van der Waals surface area contributed by atoms with Crippen LogP contribution in [0.1, 0.15) is 18.9 Å². The second-order valence-electron chi connectivity index (χ2n) is 6.27. The summed E-state index contributed by atoms with van der Waals surface area (Å²) in [6.07, 6.45) is 2.18. The number of hydrogen-bond acceptors (Lipinski definition) is 5. The Morgan fingerprint density at radius 1 is 1.21 bits per heavy atom. The number of nitrogens with one attached hydrogen (secondary N) is 1. The highest BCUT2D eigenvalue weighted by Crippen LogP contribution is 2.31. The van der Waals surface area contributed by atoms with E-state index in [1.165, 1.54) is 0 Å². The molecule has 0 aliphatic rings. The first-order valence-corrected chi connectivity index (χ1v) is 9.14. The summed E-state index contributed by atoms with van der Waals surface area (Å²) >= 11 is 0. The van der Waals surface area contributed by atoms with Crippen LogP contribution in [0.25, 0.3) is 16.9 Å². The molecular formula is C21H20N4O4. The van der Waals surface area contributed by atoms with Crippen LogP contribution in [0, 0.1) is 4.91 Å². The molecule has 3 aromatic rings. The number of nitroso groups, excluding NO2 is 1. The summed E-state index contributed by atoms with van der Waals surface area (Å²) in [5.74, 6) is 0.103. The van der Waals surface area contributed by atoms with E-state index in [-0.39, 0.29) is 0 Å². The summed E-state index contributed by atoms with van der Waals surface area (Å²) in [5.41, 5.74) is 3.40. The Morgan fingerprint density at radius 3 is 2.69 bits per heavy atom. The summed E-state index contributed by atoms with van der Waals surface area (Å²) in [7, 11) is 0. The van der Waals surface area contributed by atoms with Gasteiger partial charge in [0, 0.05) is 16.8 Å². The van der Waals surface area contributed by atoms with Gasteiger partial charge in [0.2, 0.25) is 6.41 Å². The van der Waals surface area contributed by atoms with E-state index in [9.17, 15) is 14.5 Å². The molecule has 1 aromatic heterocycles. The van der Waals surface area contributed by atoms with E-state index < -0.39 is 12.5 Å². The summed E-state index contributed by atoms with van der Waals surface area (Å²) in [5, 5.41) is 9.40. The van der Waals surface area contributed by atoms with Gasteiger partial charge in [-0.1, -0.05) is 31.5 Å². The maximum Gasteiger partial charge on any atom is 0.323 e. The number of aryl methyl sites for hydroxylation is 1. The zero-order chi connectivity index (χ0) is 20.6. The van der Waals surface area contributed by atoms with Crippen molar-refractivity contribution in [1.82, 2.24) is 9.78 Å². The minimum atomic E-state index is -0.858. The maximum absolute atomic E-state index is 11.2. The Hall–Kier alpha value is -3.81. The predicted molar refractivity (Wildman–Crippen MR) is 109 cm³/mol. The SMILES string of the molecule is CCCc1cc(-c2cc(NC=O)nn2-c2ccccc2)ccc1OCC(=O)N=O. The molecule has 0 atom stereocenters. The van der Waals surface area contributed by atoms with E-state index in [2.05, 4.69) is 15.6 Å². The number of hydrogen-bond donors (Lipinski definition) is 1. The molecule has 0 spiro atoms. The summed E-state index contributed by atoms with van der Waals surface area (Å²) < 4.78 is 7.21. The number of anilines is 1. The number of ether oxygens (including phenoxy) is 1. The fourth-order valence-corrected chi connectivity index (χ4v) is 2.99. The minimum Gasteiger partial charge on any atom is -0.483 e. The van der Waals surface area contributed by atoms with Gasteiger partial charge in [-0.15, -0.1) is 10.0 Å². The van der Waals surface area contributed by atoms with Gasteiger partial charge in [-0.2, -0.15) is 0 Å². The molecule has 0 aliphatic carbocycles. The minimum absolute atomic E-state index is 0.394. The smallest absolute Gasteiger partial charge is 0.323 e. The summed E-state index contributed by atoms with van der Waals surface area (Å²) in [6.45, 7) is 1.64. The quantitative estimate of drug-likeness (QED) is 0.441. The van der Waals surface area contributed by atoms with Crippen LogP contribution in [0.15, 0.2) is 59.8 Å². The van der Waals surface area contributed by atoms with Crippen molar-refractivity contribution >= 4 is 18.1 Å². The lowest BCUT2D eigenvalue weighted by molar-refractivity contribution is -0.119. The van der Waals surface area contributed by atoms with Crippen molar-refractivity contribution in [2.75, 3.05) is 11.9 Å². The highest BCUT2D eigenvalue weighted by atomic mass is 16.5. The van der Waals surface area contributed by atoms with Crippen molar-refractivity contribution in [3.05, 3.63) is 65.1 Å². The fraction of sp³-hybridized carbons (Fsp3) is 0.190. The Bertz CT molecular complexity index is 1010. The van der Waals surface area contributed by atoms with Crippen LogP contribution in [0.5, 0.6) is 5.75 Å². The van der Waals surface area contributed by atoms with Gasteiger partial charge in [-0.25, -0.2) is 4.68 Å². The third-order valence-electron chi connectivity index (χ3n) is 4.25. The zero-order valence-electron chi connectivity index (χ0n) is 15.9. The van der Waals surface area contributed by atoms with Crippen LogP contribution in [0.3, 0.4) is 0 Å². The van der Waals surface area contributed by atoms with Crippen LogP contribution in [-0.2, 0) is 16.0 Å². The molecule has 0 aliphatic heterocycles. The van der Waals surface area contributed by atoms with Gasteiger partial charge >= 0.3 is 5.91 Å². The normalized spacial score (nSPS) is 10.4. The fourth-order valence-electron chi connectivity index (χ4n) is 2.99. The van der Waals surface area contributed by atoms with Gasteiger partial charge in [0.15, 0.2) is 12.4 Å². The number of nitrogens with zero attached hydrogens (tertiary/aromatic N) is 3. The van der Waals surface area contributed by atoms with E-state index >= 15 is 0 Å². The van der Waals surface area contributed by atoms with Gasteiger partial charge in [0.1, 0.15) is 5.75 Å². The molecule has 0 bridgehead atoms. The number of aromatic nitrogens is 2. The lowest BCUT2D eigenvalue weighted by Gasteiger charge is -2.13. The molecule has 148 valence electrons. The number of benzene rings is 2. The molecule has 2 amide bonds. The molecule has 0 saturated carbocycles. The van der Waals surface area contributed by atoms with Gasteiger partial charge < -0.3 is 10.1 Å². The first-order chi connectivity index (χ1) is 14.2. The third kappa shape index (κ3) is 4.73. The first-order valence-electron chi connectivity index (χ1n) is 9.14. The van der Waals surface area contributed by atoms with Crippen molar-refractivity contribution in [3.8, 4) is 22.7 Å². The summed E-state index contributed by atoms with van der Waals surface area (Å²) in [4.78, 5) is 32.3. The largest absolute Gasteiger partial charge is 0.483 e. The topological polar surface area (TPSA) is 103 Å². The van der Waals surface area contributed by atoms with E-state index in [4.69, 9.17) is 4.74 Å². The van der Waals surface area contributed by atoms with Gasteiger partial charge in [-0.05, 0) is 42.3 Å². The molecule has 0 saturated heterocycles. The standard InChI is InChI=1S/C21H20N4O4/c1-2-6-16-11-15(9-10-19(16)29-13-21(27)24-28)18-12-20(22-14-26)23-25(18)17-7-4-3-5-8-17/h3-5,7-12,14H,2,6,13H2,1H3,(H,22,23,26). The first kappa shape index (κ1) is 19.9. The molecule has 8 heteroatoms. The van der Waals surface area contributed by atoms with Crippen molar-refractivity contribution in [2.45, 2.75) is 19.8 Å². The average Bonchev–Trinajstić information content (AvgIpc) is 3.17. The molecule has 0 fully saturated rings. The zero-order valence-corrected chi connectivity index (χ0v) is 15.9. The highest BCUT2D eigenvalue weighted by Gasteiger charge is 2.14. The lowest BCUT2D eigenvalue weighted by atomic mass is 10.0. The van der Waals surface area contributed by atoms with E-state index in [1.807, 2.05) is 49.4 Å². The Kier molecular flexibility index (Phi) is 6.47. The Balaban J connectivity index is 2.03. The van der Waals surface area contributed by atoms with Gasteiger partial charge in [0.25, 0.3) is 0 Å². The van der Waals surface area contributed by atoms with Crippen molar-refractivity contribution in [3.63, 3.8) is 0 Å². The van der Waals surface area contributed by atoms with Crippen LogP contribution < -0.4 is 10.1 Å². The second-order valence-corrected chi connectivity index (χ2v) is 6.27. The van der Waals surface area contributed by atoms with Crippen molar-refractivity contribution in [1.29, 1.82) is 0 Å². The number of amides is 2. The van der Waals surface area contributed by atoms with Gasteiger partial charge in [0.05, 0.1) is 11.4 Å². The second kappa shape index (κ2) is 9.41. The molecule has 0 unspecified atom stereocenters. The molecule has 1 heterocycles. The van der Waals surface area contributed by atoms with Crippen molar-refractivity contribution < 1.29 is 14.3 Å². The number of rotatable bonds is 9. The average molecular weight is 392 g/mol. The van der Waals surface area contributed by atoms with Crippen LogP contribution in [0.4, 0.5) is 5.82 Å². The molecule has 29 heavy (non-hydrogen) atoms. The number of carbonyl (C=O) groups is 2. The lowest BCUT2D eigenvalue weighted by Crippen LogP contribution is -2.09. The molecule has 2 aromatic carbocycles. The molecule has 1 N–H and O–H groups in total. The number of para-hydroxylation sites is 1. The van der Waals surface area contributed by atoms with Crippen molar-refractivity contribution in [2.24, 2.45) is 5.18 Å². The molecule has 0 radical (unpaired) electrons. The van der Waals surface area contributed by atoms with Gasteiger partial charge in [-0.3, -0.25) is 9.59 Å². The van der Waals surface area contributed by atoms with E-state index in [1.54, 1.807) is 16.8 Å². The Labute approximate surface area is 167 Å². The van der Waals surface area contributed by atoms with E-state index in [0.29, 0.717) is 18.0 Å². The molecule has 3 rings (SSSR count). The summed E-state index contributed by atoms with van der Waals surface area (Å²) in [6, 6.07) is 16.9. The molecule has 8 nitrogen and oxygen atoms in total. The Morgan fingerprint density at radius 2 is 2.00 bits per heavy atom. The molecular weight excluding hydrogens is 372 g/mol. The third-order valence-corrected chi connectivity index (χ3v) is 4.25. The highest BCUT2D eigenvalue weighted by molar-refractivity contribution is 5.78. The predicted octanol–water partition coefficient (Wildman–Crippen LogP) is 3.73. The number of carbonyl (C=O) groups excluding carboxylic acids is 2. The monoisotopic (exact) mass is 392 g/mol. The van der Waals surface area contributed by atoms with Crippen LogP contribution in [-0.4, -0.2) is 28.7 Å².